The van der Waals surface area contributed by atoms with Gasteiger partial charge in [-0.2, -0.15) is 0 Å². The van der Waals surface area contributed by atoms with E-state index >= 15 is 0 Å². The molecule has 1 aliphatic rings. The largest absolute Gasteiger partial charge is 0.490 e. The second kappa shape index (κ2) is 12.0. The van der Waals surface area contributed by atoms with E-state index in [4.69, 9.17) is 26.4 Å². The van der Waals surface area contributed by atoms with Crippen molar-refractivity contribution >= 4 is 50.8 Å². The molecule has 35 heavy (non-hydrogen) atoms. The van der Waals surface area contributed by atoms with Gasteiger partial charge >= 0.3 is 5.97 Å². The van der Waals surface area contributed by atoms with Crippen molar-refractivity contribution in [2.24, 2.45) is 0 Å². The number of carbonyl (C=O) groups excluding carboxylic acids is 2. The first-order chi connectivity index (χ1) is 16.7. The number of anilines is 1. The number of amides is 1. The molecule has 2 aromatic rings. The number of esters is 1. The van der Waals surface area contributed by atoms with Crippen LogP contribution in [0.25, 0.3) is 0 Å². The van der Waals surface area contributed by atoms with Gasteiger partial charge in [0.15, 0.2) is 23.2 Å². The Balaban J connectivity index is 1.87. The number of hydrogen-bond donors (Lipinski definition) is 3. The lowest BCUT2D eigenvalue weighted by Gasteiger charge is -2.30. The predicted octanol–water partition coefficient (Wildman–Crippen LogP) is 4.53. The molecule has 0 unspecified atom stereocenters. The third-order valence-electron chi connectivity index (χ3n) is 5.20. The molecule has 186 valence electrons. The monoisotopic (exact) mass is 561 g/mol. The zero-order valence-corrected chi connectivity index (χ0v) is 22.4. The highest BCUT2D eigenvalue weighted by Gasteiger charge is 2.32. The minimum Gasteiger partial charge on any atom is -0.490 e. The molecule has 0 saturated heterocycles. The van der Waals surface area contributed by atoms with Crippen LogP contribution >= 0.6 is 28.1 Å². The summed E-state index contributed by atoms with van der Waals surface area (Å²) >= 11 is 8.86. The van der Waals surface area contributed by atoms with Gasteiger partial charge < -0.3 is 30.2 Å². The van der Waals surface area contributed by atoms with Crippen molar-refractivity contribution in [3.05, 3.63) is 63.3 Å². The SMILES string of the molecule is CCOC(=O)C1=C(C)NC(=S)N[C@H]1c1cc(Br)c(OCC(=O)Nc2ccccc2C)c(OCC)c1. The zero-order chi connectivity index (χ0) is 25.5. The first-order valence-electron chi connectivity index (χ1n) is 11.1. The molecule has 2 aromatic carbocycles. The molecule has 1 aliphatic heterocycles. The maximum absolute atomic E-state index is 12.7. The topological polar surface area (TPSA) is 97.9 Å². The van der Waals surface area contributed by atoms with Crippen LogP contribution in [0.2, 0.25) is 0 Å². The van der Waals surface area contributed by atoms with Crippen molar-refractivity contribution in [3.63, 3.8) is 0 Å². The van der Waals surface area contributed by atoms with Crippen molar-refractivity contribution < 1.29 is 23.8 Å². The van der Waals surface area contributed by atoms with E-state index in [2.05, 4.69) is 31.9 Å². The molecule has 0 fully saturated rings. The van der Waals surface area contributed by atoms with Crippen LogP contribution in [-0.4, -0.2) is 36.8 Å². The lowest BCUT2D eigenvalue weighted by Crippen LogP contribution is -2.45. The molecule has 3 rings (SSSR count). The van der Waals surface area contributed by atoms with Crippen LogP contribution in [0.1, 0.15) is 37.9 Å². The second-order valence-electron chi connectivity index (χ2n) is 7.71. The van der Waals surface area contributed by atoms with Crippen LogP contribution in [-0.2, 0) is 14.3 Å². The van der Waals surface area contributed by atoms with E-state index in [1.807, 2.05) is 38.1 Å². The molecule has 3 N–H and O–H groups in total. The molecule has 0 aliphatic carbocycles. The third-order valence-corrected chi connectivity index (χ3v) is 6.01. The lowest BCUT2D eigenvalue weighted by molar-refractivity contribution is -0.139. The van der Waals surface area contributed by atoms with Crippen LogP contribution in [0.3, 0.4) is 0 Å². The molecular formula is C25H28BrN3O5S. The van der Waals surface area contributed by atoms with Gasteiger partial charge in [0.25, 0.3) is 5.91 Å². The second-order valence-corrected chi connectivity index (χ2v) is 8.97. The van der Waals surface area contributed by atoms with Gasteiger partial charge in [-0.05, 0) is 85.2 Å². The van der Waals surface area contributed by atoms with E-state index in [1.54, 1.807) is 26.0 Å². The van der Waals surface area contributed by atoms with E-state index in [-0.39, 0.29) is 19.1 Å². The number of halogens is 1. The molecule has 0 spiro atoms. The van der Waals surface area contributed by atoms with Crippen molar-refractivity contribution in [3.8, 4) is 11.5 Å². The average Bonchev–Trinajstić information content (AvgIpc) is 2.79. The number of hydrogen-bond acceptors (Lipinski definition) is 6. The minimum absolute atomic E-state index is 0.213. The summed E-state index contributed by atoms with van der Waals surface area (Å²) in [6.07, 6.45) is 0. The summed E-state index contributed by atoms with van der Waals surface area (Å²) in [5.74, 6) is 0.0594. The van der Waals surface area contributed by atoms with Crippen molar-refractivity contribution in [1.82, 2.24) is 10.6 Å². The highest BCUT2D eigenvalue weighted by atomic mass is 79.9. The van der Waals surface area contributed by atoms with Crippen molar-refractivity contribution in [2.75, 3.05) is 25.1 Å². The number of rotatable bonds is 9. The van der Waals surface area contributed by atoms with Crippen LogP contribution < -0.4 is 25.4 Å². The number of allylic oxidation sites excluding steroid dienone is 1. The van der Waals surface area contributed by atoms with E-state index in [0.29, 0.717) is 44.5 Å². The Kier molecular flexibility index (Phi) is 9.11. The normalized spacial score (nSPS) is 15.1. The maximum atomic E-state index is 12.7. The van der Waals surface area contributed by atoms with Gasteiger partial charge in [0.05, 0.1) is 29.3 Å². The Hall–Kier alpha value is -3.11. The number of para-hydroxylation sites is 1. The Bertz CT molecular complexity index is 1170. The van der Waals surface area contributed by atoms with Gasteiger partial charge in [-0.15, -0.1) is 0 Å². The predicted molar refractivity (Wildman–Crippen MR) is 142 cm³/mol. The Morgan fingerprint density at radius 1 is 1.11 bits per heavy atom. The van der Waals surface area contributed by atoms with Gasteiger partial charge in [-0.1, -0.05) is 18.2 Å². The molecule has 1 atom stereocenters. The molecule has 8 nitrogen and oxygen atoms in total. The Morgan fingerprint density at radius 2 is 1.86 bits per heavy atom. The van der Waals surface area contributed by atoms with E-state index in [0.717, 1.165) is 11.3 Å². The first-order valence-corrected chi connectivity index (χ1v) is 12.3. The number of thiocarbonyl (C=S) groups is 1. The summed E-state index contributed by atoms with van der Waals surface area (Å²) in [5.41, 5.74) is 3.42. The summed E-state index contributed by atoms with van der Waals surface area (Å²) in [6, 6.07) is 10.5. The number of ether oxygens (including phenoxy) is 3. The van der Waals surface area contributed by atoms with Gasteiger partial charge in [0.1, 0.15) is 0 Å². The Morgan fingerprint density at radius 3 is 2.54 bits per heavy atom. The molecule has 0 bridgehead atoms. The van der Waals surface area contributed by atoms with Gasteiger partial charge in [0.2, 0.25) is 0 Å². The average molecular weight is 562 g/mol. The molecule has 0 aromatic heterocycles. The first kappa shape index (κ1) is 26.5. The molecule has 1 heterocycles. The molecule has 10 heteroatoms. The molecular weight excluding hydrogens is 534 g/mol. The van der Waals surface area contributed by atoms with E-state index in [9.17, 15) is 9.59 Å². The highest BCUT2D eigenvalue weighted by Crippen LogP contribution is 2.40. The Labute approximate surface area is 218 Å². The summed E-state index contributed by atoms with van der Waals surface area (Å²) in [4.78, 5) is 25.2. The fraction of sp³-hybridized carbons (Fsp3) is 0.320. The van der Waals surface area contributed by atoms with E-state index < -0.39 is 12.0 Å². The maximum Gasteiger partial charge on any atom is 0.338 e. The number of carbonyl (C=O) groups is 2. The van der Waals surface area contributed by atoms with Crippen LogP contribution in [0.15, 0.2) is 52.1 Å². The standard InChI is InChI=1S/C25H28BrN3O5S/c1-5-32-19-12-16(22-21(24(31)33-6-2)15(4)27-25(35)29-22)11-17(26)23(19)34-13-20(30)28-18-10-8-7-9-14(18)3/h7-12,22H,5-6,13H2,1-4H3,(H,28,30)(H2,27,29,35)/t22-/m0/s1. The fourth-order valence-electron chi connectivity index (χ4n) is 3.62. The smallest absolute Gasteiger partial charge is 0.338 e. The van der Waals surface area contributed by atoms with Crippen LogP contribution in [0.5, 0.6) is 11.5 Å². The van der Waals surface area contributed by atoms with E-state index in [1.165, 1.54) is 0 Å². The van der Waals surface area contributed by atoms with Gasteiger partial charge in [-0.3, -0.25) is 4.79 Å². The van der Waals surface area contributed by atoms with Gasteiger partial charge in [0, 0.05) is 11.4 Å². The molecule has 0 saturated carbocycles. The highest BCUT2D eigenvalue weighted by molar-refractivity contribution is 9.10. The summed E-state index contributed by atoms with van der Waals surface area (Å²) in [5, 5.41) is 9.35. The fourth-order valence-corrected chi connectivity index (χ4v) is 4.46. The van der Waals surface area contributed by atoms with Crippen molar-refractivity contribution in [2.45, 2.75) is 33.7 Å². The summed E-state index contributed by atoms with van der Waals surface area (Å²) in [6.45, 7) is 7.70. The third kappa shape index (κ3) is 6.52. The van der Waals surface area contributed by atoms with Crippen LogP contribution in [0, 0.1) is 6.92 Å². The van der Waals surface area contributed by atoms with Crippen molar-refractivity contribution in [1.29, 1.82) is 0 Å². The van der Waals surface area contributed by atoms with Gasteiger partial charge in [-0.25, -0.2) is 4.79 Å². The molecule has 0 radical (unpaired) electrons. The summed E-state index contributed by atoms with van der Waals surface area (Å²) < 4.78 is 17.5. The number of benzene rings is 2. The number of aryl methyl sites for hydroxylation is 1. The quantitative estimate of drug-likeness (QED) is 0.303. The lowest BCUT2D eigenvalue weighted by atomic mass is 9.95. The molecule has 1 amide bonds. The summed E-state index contributed by atoms with van der Waals surface area (Å²) in [7, 11) is 0. The number of nitrogens with one attached hydrogen (secondary N) is 3. The minimum atomic E-state index is -0.559. The van der Waals surface area contributed by atoms with Crippen LogP contribution in [0.4, 0.5) is 5.69 Å². The zero-order valence-electron chi connectivity index (χ0n) is 20.0.